The molecule has 1 amide bonds. The van der Waals surface area contributed by atoms with Crippen molar-refractivity contribution in [1.82, 2.24) is 14.5 Å². The number of aryl methyl sites for hydroxylation is 4. The van der Waals surface area contributed by atoms with Gasteiger partial charge >= 0.3 is 5.69 Å². The standard InChI is InChI=1S/C29H36N6O5/c1-6-40-23-13-19-7-9-34-21(20(19)14-22(23)39-5)15-24(33-26-17(3)11-16(2)12-18(26)4)35(29(34)38)10-8-32-28(37)25(30)27(31)36/h11-15,36H,6-10,30-31H2,1-5H3,(H,32,37)/b27-25+,33-24+. The number of methoxy groups -OCH3 is 1. The minimum absolute atomic E-state index is 0.0581. The lowest BCUT2D eigenvalue weighted by molar-refractivity contribution is -0.117. The first-order chi connectivity index (χ1) is 19.0. The summed E-state index contributed by atoms with van der Waals surface area (Å²) in [5.74, 6) is -0.248. The number of aliphatic hydroxyl groups is 1. The van der Waals surface area contributed by atoms with Crippen LogP contribution in [0.2, 0.25) is 0 Å². The fourth-order valence-electron chi connectivity index (χ4n) is 5.03. The topological polar surface area (TPSA) is 159 Å². The summed E-state index contributed by atoms with van der Waals surface area (Å²) in [4.78, 5) is 31.1. The summed E-state index contributed by atoms with van der Waals surface area (Å²) in [6.45, 7) is 9.06. The molecule has 11 heteroatoms. The normalized spacial score (nSPS) is 13.3. The number of aromatic nitrogens is 2. The van der Waals surface area contributed by atoms with Gasteiger partial charge < -0.3 is 31.4 Å². The molecule has 6 N–H and O–H groups in total. The minimum Gasteiger partial charge on any atom is -0.493 e. The van der Waals surface area contributed by atoms with Gasteiger partial charge in [0, 0.05) is 31.3 Å². The molecule has 0 radical (unpaired) electrons. The van der Waals surface area contributed by atoms with Gasteiger partial charge in [-0.25, -0.2) is 9.79 Å². The summed E-state index contributed by atoms with van der Waals surface area (Å²) in [5, 5.41) is 11.9. The quantitative estimate of drug-likeness (QED) is 0.248. The predicted octanol–water partition coefficient (Wildman–Crippen LogP) is 2.20. The number of hydrogen-bond acceptors (Lipinski definition) is 8. The van der Waals surface area contributed by atoms with Gasteiger partial charge in [0.05, 0.1) is 25.1 Å². The number of nitrogens with one attached hydrogen (secondary N) is 1. The van der Waals surface area contributed by atoms with Crippen LogP contribution in [0.1, 0.15) is 29.2 Å². The van der Waals surface area contributed by atoms with Crippen molar-refractivity contribution in [3.63, 3.8) is 0 Å². The van der Waals surface area contributed by atoms with Crippen molar-refractivity contribution < 1.29 is 19.4 Å². The Hall–Kier alpha value is -4.67. The highest BCUT2D eigenvalue weighted by atomic mass is 16.5. The van der Waals surface area contributed by atoms with Gasteiger partial charge in [-0.05, 0) is 62.9 Å². The van der Waals surface area contributed by atoms with E-state index in [4.69, 9.17) is 25.9 Å². The highest BCUT2D eigenvalue weighted by Crippen LogP contribution is 2.37. The second kappa shape index (κ2) is 11.6. The second-order valence-corrected chi connectivity index (χ2v) is 9.73. The van der Waals surface area contributed by atoms with Crippen LogP contribution < -0.4 is 37.4 Å². The molecular formula is C29H36N6O5. The number of ether oxygens (including phenoxy) is 2. The predicted molar refractivity (Wildman–Crippen MR) is 152 cm³/mol. The Labute approximate surface area is 232 Å². The van der Waals surface area contributed by atoms with Gasteiger partial charge in [-0.2, -0.15) is 0 Å². The fraction of sp³-hybridized carbons (Fsp3) is 0.345. The molecule has 0 saturated carbocycles. The molecule has 0 unspecified atom stereocenters. The monoisotopic (exact) mass is 548 g/mol. The van der Waals surface area contributed by atoms with E-state index in [0.29, 0.717) is 42.3 Å². The van der Waals surface area contributed by atoms with E-state index in [1.165, 1.54) is 4.57 Å². The molecule has 1 aliphatic rings. The zero-order valence-corrected chi connectivity index (χ0v) is 23.5. The number of carbonyl (C=O) groups excluding carboxylic acids is 1. The zero-order valence-electron chi connectivity index (χ0n) is 23.5. The van der Waals surface area contributed by atoms with Crippen molar-refractivity contribution in [3.8, 4) is 22.8 Å². The average Bonchev–Trinajstić information content (AvgIpc) is 2.91. The molecule has 2 heterocycles. The van der Waals surface area contributed by atoms with Crippen LogP contribution in [0.4, 0.5) is 5.69 Å². The van der Waals surface area contributed by atoms with Crippen LogP contribution in [-0.2, 0) is 24.3 Å². The molecule has 1 aromatic heterocycles. The van der Waals surface area contributed by atoms with Crippen LogP contribution in [0.25, 0.3) is 11.3 Å². The molecular weight excluding hydrogens is 512 g/mol. The zero-order chi connectivity index (χ0) is 29.1. The van der Waals surface area contributed by atoms with Crippen molar-refractivity contribution in [2.75, 3.05) is 20.3 Å². The van der Waals surface area contributed by atoms with E-state index in [2.05, 4.69) is 5.32 Å². The molecule has 212 valence electrons. The number of rotatable bonds is 8. The fourth-order valence-corrected chi connectivity index (χ4v) is 5.03. The number of aliphatic hydroxyl groups excluding tert-OH is 1. The Kier molecular flexibility index (Phi) is 8.22. The van der Waals surface area contributed by atoms with Crippen molar-refractivity contribution in [3.05, 3.63) is 80.1 Å². The summed E-state index contributed by atoms with van der Waals surface area (Å²) in [6.07, 6.45) is 0.632. The van der Waals surface area contributed by atoms with E-state index in [-0.39, 0.29) is 18.8 Å². The molecule has 2 aromatic carbocycles. The number of carbonyl (C=O) groups is 1. The molecule has 40 heavy (non-hydrogen) atoms. The summed E-state index contributed by atoms with van der Waals surface area (Å²) in [5.41, 5.74) is 16.9. The molecule has 0 fully saturated rings. The van der Waals surface area contributed by atoms with E-state index >= 15 is 0 Å². The van der Waals surface area contributed by atoms with Gasteiger partial charge in [0.2, 0.25) is 5.88 Å². The lowest BCUT2D eigenvalue weighted by Crippen LogP contribution is -2.44. The van der Waals surface area contributed by atoms with E-state index in [0.717, 1.165) is 33.5 Å². The van der Waals surface area contributed by atoms with Crippen molar-refractivity contribution >= 4 is 11.6 Å². The van der Waals surface area contributed by atoms with E-state index in [1.807, 2.05) is 58.0 Å². The lowest BCUT2D eigenvalue weighted by Gasteiger charge is -2.25. The van der Waals surface area contributed by atoms with Crippen molar-refractivity contribution in [2.45, 2.75) is 47.2 Å². The SMILES string of the molecule is CCOc1cc2c(cc1OC)-c1c/c(=N\c3c(C)cc(C)cc3C)n(CCNC(=O)/C(N)=C(/N)O)c(=O)n1CC2. The Morgan fingerprint density at radius 3 is 2.42 bits per heavy atom. The van der Waals surface area contributed by atoms with Gasteiger partial charge in [0.15, 0.2) is 17.2 Å². The van der Waals surface area contributed by atoms with E-state index in [1.54, 1.807) is 11.7 Å². The maximum absolute atomic E-state index is 13.9. The minimum atomic E-state index is -0.762. The molecule has 3 aromatic rings. The van der Waals surface area contributed by atoms with Gasteiger partial charge in [0.25, 0.3) is 5.91 Å². The Morgan fingerprint density at radius 1 is 1.10 bits per heavy atom. The van der Waals surface area contributed by atoms with Crippen LogP contribution in [-0.4, -0.2) is 40.4 Å². The second-order valence-electron chi connectivity index (χ2n) is 9.73. The highest BCUT2D eigenvalue weighted by molar-refractivity contribution is 5.92. The maximum atomic E-state index is 13.9. The number of nitrogens with two attached hydrogens (primary N) is 2. The van der Waals surface area contributed by atoms with Gasteiger partial charge in [0.1, 0.15) is 5.49 Å². The number of hydrogen-bond donors (Lipinski definition) is 4. The van der Waals surface area contributed by atoms with Crippen molar-refractivity contribution in [1.29, 1.82) is 0 Å². The van der Waals surface area contributed by atoms with E-state index in [9.17, 15) is 14.7 Å². The number of nitrogens with zero attached hydrogens (tertiary/aromatic N) is 3. The highest BCUT2D eigenvalue weighted by Gasteiger charge is 2.23. The summed E-state index contributed by atoms with van der Waals surface area (Å²) in [7, 11) is 1.59. The molecule has 0 saturated heterocycles. The molecule has 0 atom stereocenters. The summed E-state index contributed by atoms with van der Waals surface area (Å²) >= 11 is 0. The summed E-state index contributed by atoms with van der Waals surface area (Å²) in [6, 6.07) is 9.85. The van der Waals surface area contributed by atoms with Crippen LogP contribution in [0.3, 0.4) is 0 Å². The molecule has 1 aliphatic heterocycles. The Morgan fingerprint density at radius 2 is 1.80 bits per heavy atom. The average molecular weight is 549 g/mol. The Balaban J connectivity index is 1.89. The van der Waals surface area contributed by atoms with Crippen LogP contribution >= 0.6 is 0 Å². The smallest absolute Gasteiger partial charge is 0.330 e. The molecule has 4 rings (SSSR count). The lowest BCUT2D eigenvalue weighted by atomic mass is 9.97. The third-order valence-electron chi connectivity index (χ3n) is 6.87. The van der Waals surface area contributed by atoms with Gasteiger partial charge in [-0.3, -0.25) is 13.9 Å². The van der Waals surface area contributed by atoms with Crippen LogP contribution in [0.15, 0.2) is 51.7 Å². The van der Waals surface area contributed by atoms with Gasteiger partial charge in [-0.15, -0.1) is 0 Å². The van der Waals surface area contributed by atoms with Crippen LogP contribution in [0.5, 0.6) is 11.5 Å². The number of amides is 1. The third-order valence-corrected chi connectivity index (χ3v) is 6.87. The third kappa shape index (κ3) is 5.54. The summed E-state index contributed by atoms with van der Waals surface area (Å²) < 4.78 is 14.6. The van der Waals surface area contributed by atoms with Crippen molar-refractivity contribution in [2.24, 2.45) is 16.5 Å². The van der Waals surface area contributed by atoms with Crippen LogP contribution in [0, 0.1) is 20.8 Å². The first-order valence-corrected chi connectivity index (χ1v) is 13.1. The maximum Gasteiger partial charge on any atom is 0.330 e. The Bertz CT molecular complexity index is 1610. The number of fused-ring (bicyclic) bond motifs is 3. The van der Waals surface area contributed by atoms with Gasteiger partial charge in [-0.1, -0.05) is 17.7 Å². The first-order valence-electron chi connectivity index (χ1n) is 13.1. The largest absolute Gasteiger partial charge is 0.493 e. The molecule has 11 nitrogen and oxygen atoms in total. The van der Waals surface area contributed by atoms with E-state index < -0.39 is 17.5 Å². The number of benzene rings is 2. The molecule has 0 bridgehead atoms. The molecule has 0 aliphatic carbocycles. The molecule has 0 spiro atoms. The first kappa shape index (κ1) is 28.3.